The number of hydrogen-bond donors (Lipinski definition) is 2. The fourth-order valence-electron chi connectivity index (χ4n) is 4.47. The van der Waals surface area contributed by atoms with Crippen molar-refractivity contribution < 1.29 is 9.13 Å². The van der Waals surface area contributed by atoms with Gasteiger partial charge in [0.1, 0.15) is 5.39 Å². The highest BCUT2D eigenvalue weighted by Gasteiger charge is 2.33. The summed E-state index contributed by atoms with van der Waals surface area (Å²) in [6, 6.07) is 5.47. The number of ether oxygens (including phenoxy) is 1. The summed E-state index contributed by atoms with van der Waals surface area (Å²) in [5, 5.41) is 0.0794. The molecule has 8 heteroatoms. The second kappa shape index (κ2) is 7.03. The number of aromatic amines is 1. The zero-order valence-electron chi connectivity index (χ0n) is 17.4. The van der Waals surface area contributed by atoms with Gasteiger partial charge in [-0.25, -0.2) is 4.39 Å². The fourth-order valence-corrected chi connectivity index (χ4v) is 5.42. The van der Waals surface area contributed by atoms with Gasteiger partial charge in [0, 0.05) is 17.8 Å². The molecular formula is C23H22FN3O3S. The molecular weight excluding hydrogens is 417 g/mol. The second-order valence-electron chi connectivity index (χ2n) is 8.19. The molecule has 3 aromatic heterocycles. The summed E-state index contributed by atoms with van der Waals surface area (Å²) < 4.78 is 25.7. The minimum atomic E-state index is -0.591. The van der Waals surface area contributed by atoms with Gasteiger partial charge in [-0.3, -0.25) is 18.4 Å². The van der Waals surface area contributed by atoms with Gasteiger partial charge in [-0.15, -0.1) is 0 Å². The Labute approximate surface area is 181 Å². The molecule has 5 rings (SSSR count). The van der Waals surface area contributed by atoms with Crippen molar-refractivity contribution in [3.8, 4) is 16.9 Å². The van der Waals surface area contributed by atoms with Crippen LogP contribution >= 0.6 is 11.5 Å². The monoisotopic (exact) mass is 439 g/mol. The highest BCUT2D eigenvalue weighted by Crippen LogP contribution is 2.49. The number of nitrogens with two attached hydrogens (primary N) is 1. The number of pyridine rings is 2. The highest BCUT2D eigenvalue weighted by atomic mass is 32.1. The fraction of sp³-hybridized carbons (Fsp3) is 0.304. The lowest BCUT2D eigenvalue weighted by Crippen LogP contribution is -2.21. The second-order valence-corrected chi connectivity index (χ2v) is 9.01. The lowest BCUT2D eigenvalue weighted by molar-refractivity contribution is 0.415. The Bertz CT molecular complexity index is 1480. The van der Waals surface area contributed by atoms with Crippen molar-refractivity contribution in [1.82, 2.24) is 8.77 Å². The van der Waals surface area contributed by atoms with Gasteiger partial charge < -0.3 is 10.5 Å². The summed E-state index contributed by atoms with van der Waals surface area (Å²) in [6.07, 6.45) is 3.08. The van der Waals surface area contributed by atoms with Crippen molar-refractivity contribution in [1.29, 1.82) is 0 Å². The molecule has 1 aromatic carbocycles. The minimum Gasteiger partial charge on any atom is -0.494 e. The van der Waals surface area contributed by atoms with Crippen LogP contribution in [0, 0.1) is 12.7 Å². The van der Waals surface area contributed by atoms with Gasteiger partial charge in [-0.05, 0) is 49.3 Å². The van der Waals surface area contributed by atoms with E-state index in [1.165, 1.54) is 17.7 Å². The van der Waals surface area contributed by atoms with Crippen molar-refractivity contribution in [2.75, 3.05) is 7.11 Å². The van der Waals surface area contributed by atoms with E-state index in [0.29, 0.717) is 27.1 Å². The molecule has 0 aliphatic heterocycles. The number of aromatic nitrogens is 2. The average molecular weight is 440 g/mol. The van der Waals surface area contributed by atoms with E-state index in [2.05, 4.69) is 4.37 Å². The molecule has 4 aromatic rings. The molecule has 31 heavy (non-hydrogen) atoms. The standard InChI is InChI=1S/C23H22FN3O3S/c1-10-8-13(6-7-14(10)11(2)25)16-15(24)9-27-19(20(16)30-3)17(12-4-5-12)21-18(23(27)29)22(28)26-31-21/h6-9,11-12H,4-5,25H2,1-3H3,(H,26,28). The number of nitrogens with zero attached hydrogens (tertiary/aromatic N) is 1. The summed E-state index contributed by atoms with van der Waals surface area (Å²) in [5.74, 6) is -0.0826. The van der Waals surface area contributed by atoms with Gasteiger partial charge in [0.15, 0.2) is 11.6 Å². The topological polar surface area (TPSA) is 89.6 Å². The molecule has 0 radical (unpaired) electrons. The Balaban J connectivity index is 1.92. The van der Waals surface area contributed by atoms with Crippen LogP contribution in [0.25, 0.3) is 26.7 Å². The first-order valence-electron chi connectivity index (χ1n) is 10.2. The Hall–Kier alpha value is -2.97. The minimum absolute atomic E-state index is 0.0794. The van der Waals surface area contributed by atoms with E-state index >= 15 is 4.39 Å². The summed E-state index contributed by atoms with van der Waals surface area (Å²) in [6.45, 7) is 3.84. The molecule has 0 amide bonds. The molecule has 3 N–H and O–H groups in total. The lowest BCUT2D eigenvalue weighted by atomic mass is 9.95. The van der Waals surface area contributed by atoms with Gasteiger partial charge >= 0.3 is 0 Å². The zero-order chi connectivity index (χ0) is 22.0. The van der Waals surface area contributed by atoms with Gasteiger partial charge in [0.25, 0.3) is 11.1 Å². The number of fused-ring (bicyclic) bond motifs is 2. The first-order valence-corrected chi connectivity index (χ1v) is 11.0. The van der Waals surface area contributed by atoms with E-state index in [1.54, 1.807) is 0 Å². The Morgan fingerprint density at radius 1 is 1.32 bits per heavy atom. The average Bonchev–Trinajstić information content (AvgIpc) is 3.49. The molecule has 0 saturated heterocycles. The van der Waals surface area contributed by atoms with Crippen LogP contribution in [0.5, 0.6) is 5.75 Å². The molecule has 1 fully saturated rings. The normalized spacial score (nSPS) is 15.0. The maximum Gasteiger partial charge on any atom is 0.271 e. The smallest absolute Gasteiger partial charge is 0.271 e. The third-order valence-corrected chi connectivity index (χ3v) is 6.95. The molecule has 1 atom stereocenters. The molecule has 1 unspecified atom stereocenters. The van der Waals surface area contributed by atoms with Crippen LogP contribution in [0.4, 0.5) is 4.39 Å². The zero-order valence-corrected chi connectivity index (χ0v) is 18.2. The predicted octanol–water partition coefficient (Wildman–Crippen LogP) is 4.22. The first kappa shape index (κ1) is 20.0. The van der Waals surface area contributed by atoms with Crippen LogP contribution in [0.3, 0.4) is 0 Å². The molecule has 160 valence electrons. The van der Waals surface area contributed by atoms with Crippen molar-refractivity contribution in [3.63, 3.8) is 0 Å². The number of rotatable bonds is 4. The Kier molecular flexibility index (Phi) is 4.53. The van der Waals surface area contributed by atoms with Gasteiger partial charge in [0.05, 0.1) is 22.9 Å². The summed E-state index contributed by atoms with van der Waals surface area (Å²) in [5.41, 5.74) is 9.34. The third kappa shape index (κ3) is 2.93. The van der Waals surface area contributed by atoms with E-state index in [9.17, 15) is 9.59 Å². The van der Waals surface area contributed by atoms with Crippen LogP contribution < -0.4 is 21.6 Å². The van der Waals surface area contributed by atoms with Crippen LogP contribution in [0.2, 0.25) is 0 Å². The largest absolute Gasteiger partial charge is 0.494 e. The number of aryl methyl sites for hydroxylation is 1. The molecule has 1 aliphatic carbocycles. The number of methoxy groups -OCH3 is 1. The number of nitrogens with one attached hydrogen (secondary N) is 1. The number of H-pyrrole nitrogens is 1. The van der Waals surface area contributed by atoms with E-state index in [1.807, 2.05) is 32.0 Å². The highest BCUT2D eigenvalue weighted by molar-refractivity contribution is 7.13. The van der Waals surface area contributed by atoms with Crippen molar-refractivity contribution in [2.45, 2.75) is 38.6 Å². The quantitative estimate of drug-likeness (QED) is 0.498. The summed E-state index contributed by atoms with van der Waals surface area (Å²) in [4.78, 5) is 25.4. The van der Waals surface area contributed by atoms with Crippen molar-refractivity contribution in [2.24, 2.45) is 5.73 Å². The van der Waals surface area contributed by atoms with Gasteiger partial charge in [0.2, 0.25) is 0 Å². The SMILES string of the molecule is COc1c(-c2ccc(C(C)N)c(C)c2)c(F)cn2c(=O)c3c(=O)[nH]sc3c(C3CC3)c12. The van der Waals surface area contributed by atoms with Gasteiger partial charge in [-0.2, -0.15) is 0 Å². The van der Waals surface area contributed by atoms with E-state index in [4.69, 9.17) is 10.5 Å². The molecule has 6 nitrogen and oxygen atoms in total. The molecule has 0 bridgehead atoms. The van der Waals surface area contributed by atoms with Crippen LogP contribution in [-0.2, 0) is 0 Å². The first-order chi connectivity index (χ1) is 14.8. The van der Waals surface area contributed by atoms with E-state index in [0.717, 1.165) is 41.1 Å². The molecule has 1 aliphatic rings. The van der Waals surface area contributed by atoms with E-state index < -0.39 is 16.9 Å². The molecule has 0 spiro atoms. The number of hydrogen-bond acceptors (Lipinski definition) is 5. The molecule has 3 heterocycles. The van der Waals surface area contributed by atoms with Crippen LogP contribution in [0.1, 0.15) is 48.4 Å². The summed E-state index contributed by atoms with van der Waals surface area (Å²) >= 11 is 1.16. The predicted molar refractivity (Wildman–Crippen MR) is 121 cm³/mol. The Morgan fingerprint density at radius 2 is 2.06 bits per heavy atom. The number of halogens is 1. The Morgan fingerprint density at radius 3 is 2.68 bits per heavy atom. The maximum absolute atomic E-state index is 15.5. The lowest BCUT2D eigenvalue weighted by Gasteiger charge is -2.18. The third-order valence-electron chi connectivity index (χ3n) is 6.04. The van der Waals surface area contributed by atoms with Crippen molar-refractivity contribution >= 4 is 27.1 Å². The van der Waals surface area contributed by atoms with Crippen LogP contribution in [-0.4, -0.2) is 15.9 Å². The van der Waals surface area contributed by atoms with Crippen molar-refractivity contribution in [3.05, 3.63) is 67.6 Å². The maximum atomic E-state index is 15.5. The number of benzene rings is 1. The van der Waals surface area contributed by atoms with Crippen LogP contribution in [0.15, 0.2) is 34.0 Å². The summed E-state index contributed by atoms with van der Waals surface area (Å²) in [7, 11) is 1.48. The van der Waals surface area contributed by atoms with E-state index in [-0.39, 0.29) is 17.3 Å². The molecule has 1 saturated carbocycles. The van der Waals surface area contributed by atoms with Gasteiger partial charge in [-0.1, -0.05) is 29.7 Å².